The molecule has 21 heavy (non-hydrogen) atoms. The predicted octanol–water partition coefficient (Wildman–Crippen LogP) is 4.99. The van der Waals surface area contributed by atoms with Crippen LogP contribution in [0.5, 0.6) is 0 Å². The largest absolute Gasteiger partial charge is 0.306 e. The first-order chi connectivity index (χ1) is 10.1. The van der Waals surface area contributed by atoms with Gasteiger partial charge in [-0.1, -0.05) is 38.1 Å². The molecule has 2 aromatic rings. The van der Waals surface area contributed by atoms with Gasteiger partial charge in [-0.3, -0.25) is 0 Å². The number of halogens is 3. The van der Waals surface area contributed by atoms with Crippen LogP contribution in [0.2, 0.25) is 0 Å². The van der Waals surface area contributed by atoms with Crippen LogP contribution in [0.3, 0.4) is 0 Å². The molecule has 0 aliphatic rings. The van der Waals surface area contributed by atoms with Gasteiger partial charge in [-0.15, -0.1) is 0 Å². The SMILES string of the molecule is CCNC(c1ccccc1CC)c1c(F)ccc(Br)c1F. The van der Waals surface area contributed by atoms with E-state index in [1.165, 1.54) is 12.1 Å². The zero-order chi connectivity index (χ0) is 15.4. The minimum absolute atomic E-state index is 0.0622. The van der Waals surface area contributed by atoms with Gasteiger partial charge in [-0.05, 0) is 52.2 Å². The average molecular weight is 354 g/mol. The Morgan fingerprint density at radius 1 is 1.10 bits per heavy atom. The lowest BCUT2D eigenvalue weighted by molar-refractivity contribution is 0.506. The van der Waals surface area contributed by atoms with Crippen molar-refractivity contribution in [2.24, 2.45) is 0 Å². The fourth-order valence-electron chi connectivity index (χ4n) is 2.52. The normalized spacial score (nSPS) is 12.4. The summed E-state index contributed by atoms with van der Waals surface area (Å²) in [6, 6.07) is 9.94. The maximum atomic E-state index is 14.4. The predicted molar refractivity (Wildman–Crippen MR) is 85.4 cm³/mol. The van der Waals surface area contributed by atoms with Gasteiger partial charge in [0.2, 0.25) is 0 Å². The number of aryl methyl sites for hydroxylation is 1. The lowest BCUT2D eigenvalue weighted by atomic mass is 9.92. The van der Waals surface area contributed by atoms with E-state index in [1.807, 2.05) is 38.1 Å². The van der Waals surface area contributed by atoms with Gasteiger partial charge in [-0.2, -0.15) is 0 Å². The van der Waals surface area contributed by atoms with E-state index in [9.17, 15) is 8.78 Å². The van der Waals surface area contributed by atoms with E-state index in [-0.39, 0.29) is 10.0 Å². The summed E-state index contributed by atoms with van der Waals surface area (Å²) >= 11 is 3.14. The highest BCUT2D eigenvalue weighted by atomic mass is 79.9. The Labute approximate surface area is 132 Å². The van der Waals surface area contributed by atoms with Crippen molar-refractivity contribution < 1.29 is 8.78 Å². The van der Waals surface area contributed by atoms with Crippen molar-refractivity contribution in [3.8, 4) is 0 Å². The third kappa shape index (κ3) is 3.33. The summed E-state index contributed by atoms with van der Waals surface area (Å²) in [6.07, 6.45) is 0.815. The number of hydrogen-bond donors (Lipinski definition) is 1. The quantitative estimate of drug-likeness (QED) is 0.746. The Hall–Kier alpha value is -1.26. The molecular weight excluding hydrogens is 336 g/mol. The first kappa shape index (κ1) is 16.1. The van der Waals surface area contributed by atoms with Crippen LogP contribution in [-0.2, 0) is 6.42 Å². The third-order valence-electron chi connectivity index (χ3n) is 3.52. The number of benzene rings is 2. The molecule has 4 heteroatoms. The fraction of sp³-hybridized carbons (Fsp3) is 0.294. The molecule has 2 rings (SSSR count). The molecule has 1 N–H and O–H groups in total. The van der Waals surface area contributed by atoms with Crippen LogP contribution in [0.25, 0.3) is 0 Å². The van der Waals surface area contributed by atoms with Gasteiger partial charge in [0.15, 0.2) is 0 Å². The van der Waals surface area contributed by atoms with Gasteiger partial charge in [-0.25, -0.2) is 8.78 Å². The second-order valence-electron chi connectivity index (χ2n) is 4.80. The van der Waals surface area contributed by atoms with Gasteiger partial charge in [0.05, 0.1) is 10.5 Å². The Kier molecular flexibility index (Phi) is 5.48. The van der Waals surface area contributed by atoms with Crippen LogP contribution in [0.1, 0.15) is 36.6 Å². The van der Waals surface area contributed by atoms with Gasteiger partial charge in [0.25, 0.3) is 0 Å². The molecule has 112 valence electrons. The molecule has 0 amide bonds. The molecule has 0 fully saturated rings. The Bertz CT molecular complexity index is 628. The van der Waals surface area contributed by atoms with Crippen molar-refractivity contribution in [1.82, 2.24) is 5.32 Å². The van der Waals surface area contributed by atoms with Crippen molar-refractivity contribution in [1.29, 1.82) is 0 Å². The van der Waals surface area contributed by atoms with E-state index in [2.05, 4.69) is 21.2 Å². The average Bonchev–Trinajstić information content (AvgIpc) is 2.50. The first-order valence-corrected chi connectivity index (χ1v) is 7.84. The molecule has 1 nitrogen and oxygen atoms in total. The van der Waals surface area contributed by atoms with Crippen molar-refractivity contribution in [2.45, 2.75) is 26.3 Å². The van der Waals surface area contributed by atoms with Crippen molar-refractivity contribution in [3.05, 3.63) is 69.2 Å². The molecule has 0 aromatic heterocycles. The summed E-state index contributed by atoms with van der Waals surface area (Å²) in [4.78, 5) is 0. The van der Waals surface area contributed by atoms with Crippen LogP contribution >= 0.6 is 15.9 Å². The van der Waals surface area contributed by atoms with Crippen molar-refractivity contribution >= 4 is 15.9 Å². The van der Waals surface area contributed by atoms with E-state index in [4.69, 9.17) is 0 Å². The molecule has 0 spiro atoms. The zero-order valence-electron chi connectivity index (χ0n) is 12.1. The summed E-state index contributed by atoms with van der Waals surface area (Å²) in [5.74, 6) is -1.08. The van der Waals surface area contributed by atoms with Gasteiger partial charge in [0.1, 0.15) is 11.6 Å². The maximum absolute atomic E-state index is 14.4. The van der Waals surface area contributed by atoms with Gasteiger partial charge in [0, 0.05) is 5.56 Å². The zero-order valence-corrected chi connectivity index (χ0v) is 13.7. The highest BCUT2D eigenvalue weighted by Gasteiger charge is 2.24. The summed E-state index contributed by atoms with van der Waals surface area (Å²) in [5, 5.41) is 3.20. The third-order valence-corrected chi connectivity index (χ3v) is 4.14. The highest BCUT2D eigenvalue weighted by molar-refractivity contribution is 9.10. The molecule has 0 heterocycles. The molecule has 2 aromatic carbocycles. The van der Waals surface area contributed by atoms with Crippen LogP contribution in [0, 0.1) is 11.6 Å². The Balaban J connectivity index is 2.62. The summed E-state index contributed by atoms with van der Waals surface area (Å²) in [5.41, 5.74) is 2.06. The Morgan fingerprint density at radius 3 is 2.48 bits per heavy atom. The van der Waals surface area contributed by atoms with Crippen LogP contribution < -0.4 is 5.32 Å². The molecule has 0 aliphatic heterocycles. The van der Waals surface area contributed by atoms with Gasteiger partial charge < -0.3 is 5.32 Å². The van der Waals surface area contributed by atoms with Crippen molar-refractivity contribution in [2.75, 3.05) is 6.54 Å². The smallest absolute Gasteiger partial charge is 0.145 e. The highest BCUT2D eigenvalue weighted by Crippen LogP contribution is 2.32. The molecule has 0 radical (unpaired) electrons. The van der Waals surface area contributed by atoms with E-state index in [1.54, 1.807) is 0 Å². The fourth-order valence-corrected chi connectivity index (χ4v) is 2.86. The van der Waals surface area contributed by atoms with E-state index in [0.29, 0.717) is 6.54 Å². The summed E-state index contributed by atoms with van der Waals surface area (Å²) in [7, 11) is 0. The second kappa shape index (κ2) is 7.14. The Morgan fingerprint density at radius 2 is 1.81 bits per heavy atom. The topological polar surface area (TPSA) is 12.0 Å². The number of nitrogens with one attached hydrogen (secondary N) is 1. The van der Waals surface area contributed by atoms with E-state index >= 15 is 0 Å². The molecule has 0 aliphatic carbocycles. The van der Waals surface area contributed by atoms with E-state index < -0.39 is 17.7 Å². The maximum Gasteiger partial charge on any atom is 0.145 e. The van der Waals surface area contributed by atoms with E-state index in [0.717, 1.165) is 17.5 Å². The number of rotatable bonds is 5. The van der Waals surface area contributed by atoms with Gasteiger partial charge >= 0.3 is 0 Å². The van der Waals surface area contributed by atoms with Crippen LogP contribution in [0.4, 0.5) is 8.78 Å². The molecule has 1 atom stereocenters. The number of hydrogen-bond acceptors (Lipinski definition) is 1. The van der Waals surface area contributed by atoms with Crippen LogP contribution in [-0.4, -0.2) is 6.54 Å². The summed E-state index contributed by atoms with van der Waals surface area (Å²) < 4.78 is 28.9. The summed E-state index contributed by atoms with van der Waals surface area (Å²) in [6.45, 7) is 4.58. The van der Waals surface area contributed by atoms with Crippen LogP contribution in [0.15, 0.2) is 40.9 Å². The minimum Gasteiger partial charge on any atom is -0.306 e. The molecule has 0 saturated carbocycles. The molecular formula is C17H18BrF2N. The monoisotopic (exact) mass is 353 g/mol. The lowest BCUT2D eigenvalue weighted by Crippen LogP contribution is -2.25. The molecule has 0 bridgehead atoms. The lowest BCUT2D eigenvalue weighted by Gasteiger charge is -2.23. The standard InChI is InChI=1S/C17H18BrF2N/c1-3-11-7-5-6-8-12(11)17(21-4-2)15-14(19)10-9-13(18)16(15)20/h5-10,17,21H,3-4H2,1-2H3. The minimum atomic E-state index is -0.549. The van der Waals surface area contributed by atoms with Crippen molar-refractivity contribution in [3.63, 3.8) is 0 Å². The first-order valence-electron chi connectivity index (χ1n) is 7.04. The molecule has 1 unspecified atom stereocenters. The second-order valence-corrected chi connectivity index (χ2v) is 5.65. The molecule has 0 saturated heterocycles.